The third kappa shape index (κ3) is 11.5. The highest BCUT2D eigenvalue weighted by Crippen LogP contribution is 2.39. The van der Waals surface area contributed by atoms with Crippen molar-refractivity contribution in [1.29, 1.82) is 0 Å². The highest BCUT2D eigenvalue weighted by Gasteiger charge is 2.23. The number of hydrogen-bond acceptors (Lipinski definition) is 4. The first-order valence-electron chi connectivity index (χ1n) is 16.6. The molecule has 0 spiro atoms. The fourth-order valence-electron chi connectivity index (χ4n) is 4.83. The summed E-state index contributed by atoms with van der Waals surface area (Å²) in [6.07, 6.45) is 1.91. The largest absolute Gasteiger partial charge is 0.440 e. The van der Waals surface area contributed by atoms with Crippen LogP contribution in [-0.4, -0.2) is 0 Å². The first-order chi connectivity index (χ1) is 22.0. The molecule has 0 N–H and O–H groups in total. The van der Waals surface area contributed by atoms with Crippen molar-refractivity contribution >= 4 is 18.1 Å². The molecule has 4 aromatic carbocycles. The maximum absolute atomic E-state index is 6.26. The summed E-state index contributed by atoms with van der Waals surface area (Å²) in [6, 6.07) is 29.1. The van der Waals surface area contributed by atoms with Crippen LogP contribution in [0.2, 0.25) is 0 Å². The second-order valence-corrected chi connectivity index (χ2v) is 16.3. The maximum Gasteiger partial charge on any atom is 0.275 e. The monoisotopic (exact) mass is 674 g/mol. The summed E-state index contributed by atoms with van der Waals surface area (Å²) in [4.78, 5) is 0. The van der Waals surface area contributed by atoms with Gasteiger partial charge < -0.3 is 18.1 Å². The molecule has 0 amide bonds. The summed E-state index contributed by atoms with van der Waals surface area (Å²) < 4.78 is 24.7. The highest BCUT2D eigenvalue weighted by atomic mass is 31.1. The summed E-state index contributed by atoms with van der Waals surface area (Å²) in [5.41, 5.74) is 7.12. The molecule has 0 heterocycles. The first-order valence-corrected chi connectivity index (χ1v) is 18.3. The van der Waals surface area contributed by atoms with Gasteiger partial charge in [-0.1, -0.05) is 143 Å². The lowest BCUT2D eigenvalue weighted by Gasteiger charge is -2.27. The van der Waals surface area contributed by atoms with Crippen molar-refractivity contribution in [2.45, 2.75) is 112 Å². The number of hydrogen-bond donors (Lipinski definition) is 0. The molecule has 2 atom stereocenters. The first kappa shape index (κ1) is 38.4. The molecule has 0 saturated carbocycles. The van der Waals surface area contributed by atoms with Gasteiger partial charge in [0.15, 0.2) is 0 Å². The quantitative estimate of drug-likeness (QED) is 0.157. The molecule has 6 heteroatoms. The molecule has 47 heavy (non-hydrogen) atoms. The van der Waals surface area contributed by atoms with Crippen molar-refractivity contribution in [2.24, 2.45) is 0 Å². The minimum absolute atomic E-state index is 0.0539. The zero-order valence-electron chi connectivity index (χ0n) is 30.6. The smallest absolute Gasteiger partial charge is 0.275 e. The minimum Gasteiger partial charge on any atom is -0.440 e. The Hall–Kier alpha value is -3.06. The Morgan fingerprint density at radius 1 is 0.489 bits per heavy atom. The zero-order valence-corrected chi connectivity index (χ0v) is 32.6. The third-order valence-corrected chi connectivity index (χ3v) is 8.84. The van der Waals surface area contributed by atoms with Crippen LogP contribution >= 0.6 is 18.1 Å². The van der Waals surface area contributed by atoms with Crippen LogP contribution in [-0.2, 0) is 22.7 Å². The van der Waals surface area contributed by atoms with Crippen molar-refractivity contribution in [2.75, 3.05) is 0 Å². The predicted molar refractivity (Wildman–Crippen MR) is 205 cm³/mol. The van der Waals surface area contributed by atoms with Gasteiger partial charge in [-0.15, -0.1) is 0 Å². The van der Waals surface area contributed by atoms with E-state index in [2.05, 4.69) is 126 Å². The van der Waals surface area contributed by atoms with E-state index in [1.807, 2.05) is 42.5 Å². The van der Waals surface area contributed by atoms with E-state index in [9.17, 15) is 0 Å². The SMILES string of the molecule is CCC.Cc1cc(C(C)(C)C)ccc1OPOc1ccccc1Cc1ccccc1OPOc1ccc(C(C)(C)C)cc1C(C)(C)C. The standard InChI is InChI=1S/C38H48O4P2.C3H8/c1-26-23-29(36(2,3)4)19-21-32(26)39-43-40-33-17-13-11-15-27(33)24-28-16-12-14-18-34(28)41-44-42-35-22-20-30(37(5,6)7)25-31(35)38(8,9)10;1-3-2/h11-23,25,43-44H,24H2,1-10H3;3H2,1-2H3. The average Bonchev–Trinajstić information content (AvgIpc) is 2.98. The fraction of sp³-hybridized carbons (Fsp3) is 0.415. The van der Waals surface area contributed by atoms with Crippen molar-refractivity contribution in [3.8, 4) is 23.0 Å². The topological polar surface area (TPSA) is 36.9 Å². The Labute approximate surface area is 288 Å². The van der Waals surface area contributed by atoms with Gasteiger partial charge in [0.25, 0.3) is 18.1 Å². The van der Waals surface area contributed by atoms with Crippen LogP contribution in [0.3, 0.4) is 0 Å². The lowest BCUT2D eigenvalue weighted by molar-refractivity contribution is 0.488. The minimum atomic E-state index is -0.171. The zero-order chi connectivity index (χ0) is 34.8. The molecule has 2 unspecified atom stereocenters. The molecule has 4 rings (SSSR count). The molecule has 0 bridgehead atoms. The molecule has 4 nitrogen and oxygen atoms in total. The molecule has 0 radical (unpaired) electrons. The van der Waals surface area contributed by atoms with Gasteiger partial charge in [-0.2, -0.15) is 0 Å². The number of para-hydroxylation sites is 2. The van der Waals surface area contributed by atoms with Crippen LogP contribution in [0, 0.1) is 6.92 Å². The second-order valence-electron chi connectivity index (χ2n) is 15.1. The van der Waals surface area contributed by atoms with Crippen molar-refractivity contribution in [3.05, 3.63) is 118 Å². The number of rotatable bonds is 10. The Bertz CT molecular complexity index is 1580. The molecular weight excluding hydrogens is 618 g/mol. The second kappa shape index (κ2) is 16.9. The van der Waals surface area contributed by atoms with E-state index in [-0.39, 0.29) is 34.3 Å². The molecule has 0 saturated heterocycles. The molecule has 0 aliphatic carbocycles. The number of benzene rings is 4. The van der Waals surface area contributed by atoms with E-state index >= 15 is 0 Å². The normalized spacial score (nSPS) is 12.3. The highest BCUT2D eigenvalue weighted by molar-refractivity contribution is 7.27. The van der Waals surface area contributed by atoms with Crippen LogP contribution < -0.4 is 18.1 Å². The lowest BCUT2D eigenvalue weighted by atomic mass is 9.80. The van der Waals surface area contributed by atoms with E-state index in [1.165, 1.54) is 23.1 Å². The van der Waals surface area contributed by atoms with Gasteiger partial charge in [0.05, 0.1) is 0 Å². The summed E-state index contributed by atoms with van der Waals surface area (Å²) in [6.45, 7) is 26.3. The summed E-state index contributed by atoms with van der Waals surface area (Å²) in [7, 11) is -0.327. The Kier molecular flexibility index (Phi) is 13.8. The van der Waals surface area contributed by atoms with Crippen LogP contribution in [0.25, 0.3) is 0 Å². The van der Waals surface area contributed by atoms with Gasteiger partial charge in [0, 0.05) is 12.0 Å². The summed E-state index contributed by atoms with van der Waals surface area (Å²) >= 11 is 0. The van der Waals surface area contributed by atoms with Crippen LogP contribution in [0.1, 0.15) is 116 Å². The molecule has 0 aliphatic heterocycles. The van der Waals surface area contributed by atoms with Gasteiger partial charge >= 0.3 is 0 Å². The van der Waals surface area contributed by atoms with Crippen LogP contribution in [0.4, 0.5) is 0 Å². The third-order valence-electron chi connectivity index (χ3n) is 7.63. The molecule has 4 aromatic rings. The van der Waals surface area contributed by atoms with Gasteiger partial charge in [-0.05, 0) is 75.3 Å². The van der Waals surface area contributed by atoms with Gasteiger partial charge in [0.1, 0.15) is 23.0 Å². The molecule has 0 aromatic heterocycles. The molecular formula is C41H56O4P2. The predicted octanol–water partition coefficient (Wildman–Crippen LogP) is 12.8. The van der Waals surface area contributed by atoms with Gasteiger partial charge in [0.2, 0.25) is 0 Å². The van der Waals surface area contributed by atoms with E-state index in [4.69, 9.17) is 18.1 Å². The summed E-state index contributed by atoms with van der Waals surface area (Å²) in [5, 5.41) is 0. The van der Waals surface area contributed by atoms with Crippen molar-refractivity contribution in [3.63, 3.8) is 0 Å². The fourth-order valence-corrected chi connectivity index (χ4v) is 6.08. The van der Waals surface area contributed by atoms with Crippen LogP contribution in [0.5, 0.6) is 23.0 Å². The Balaban J connectivity index is 0.00000192. The van der Waals surface area contributed by atoms with E-state index in [1.54, 1.807) is 0 Å². The lowest BCUT2D eigenvalue weighted by Crippen LogP contribution is -2.17. The maximum atomic E-state index is 6.26. The average molecular weight is 675 g/mol. The van der Waals surface area contributed by atoms with Crippen LogP contribution in [0.15, 0.2) is 84.9 Å². The van der Waals surface area contributed by atoms with E-state index in [0.29, 0.717) is 6.42 Å². The Morgan fingerprint density at radius 3 is 1.34 bits per heavy atom. The van der Waals surface area contributed by atoms with Crippen molar-refractivity contribution < 1.29 is 18.1 Å². The Morgan fingerprint density at radius 2 is 0.894 bits per heavy atom. The van der Waals surface area contributed by atoms with E-state index < -0.39 is 0 Å². The van der Waals surface area contributed by atoms with Gasteiger partial charge in [-0.3, -0.25) is 0 Å². The van der Waals surface area contributed by atoms with Gasteiger partial charge in [-0.25, -0.2) is 0 Å². The number of aryl methyl sites for hydroxylation is 1. The molecule has 0 fully saturated rings. The van der Waals surface area contributed by atoms with E-state index in [0.717, 1.165) is 39.7 Å². The summed E-state index contributed by atoms with van der Waals surface area (Å²) in [5.74, 6) is 3.31. The molecule has 0 aliphatic rings. The molecule has 254 valence electrons. The van der Waals surface area contributed by atoms with Crippen molar-refractivity contribution in [1.82, 2.24) is 0 Å².